The van der Waals surface area contributed by atoms with Crippen LogP contribution >= 0.6 is 0 Å². The third-order valence-electron chi connectivity index (χ3n) is 12.8. The van der Waals surface area contributed by atoms with Gasteiger partial charge in [-0.15, -0.1) is 0 Å². The van der Waals surface area contributed by atoms with Crippen molar-refractivity contribution in [1.82, 2.24) is 25.5 Å². The summed E-state index contributed by atoms with van der Waals surface area (Å²) in [4.78, 5) is 51.2. The van der Waals surface area contributed by atoms with Crippen LogP contribution in [0.2, 0.25) is 0 Å². The van der Waals surface area contributed by atoms with Gasteiger partial charge >= 0.3 is 0 Å². The highest BCUT2D eigenvalue weighted by Gasteiger charge is 2.48. The van der Waals surface area contributed by atoms with Gasteiger partial charge in [-0.1, -0.05) is 12.1 Å². The van der Waals surface area contributed by atoms with E-state index < -0.39 is 42.1 Å². The van der Waals surface area contributed by atoms with Crippen LogP contribution in [0.3, 0.4) is 0 Å². The number of likely N-dealkylation sites (tertiary alicyclic amines) is 1. The van der Waals surface area contributed by atoms with E-state index in [9.17, 15) is 18.8 Å². The van der Waals surface area contributed by atoms with Crippen molar-refractivity contribution in [2.75, 3.05) is 59.7 Å². The van der Waals surface area contributed by atoms with Crippen molar-refractivity contribution in [1.29, 1.82) is 0 Å². The van der Waals surface area contributed by atoms with E-state index in [1.807, 2.05) is 18.2 Å². The second kappa shape index (κ2) is 17.7. The molecule has 16 heteroatoms. The number of piperidine rings is 4. The number of halogens is 4. The predicted molar refractivity (Wildman–Crippen MR) is 217 cm³/mol. The molecule has 1 aliphatic carbocycles. The molecule has 3 amide bonds. The van der Waals surface area contributed by atoms with Crippen LogP contribution in [-0.2, 0) is 14.4 Å². The van der Waals surface area contributed by atoms with E-state index in [-0.39, 0.29) is 67.0 Å². The van der Waals surface area contributed by atoms with E-state index in [1.165, 1.54) is 29.7 Å². The molecule has 4 aliphatic heterocycles. The van der Waals surface area contributed by atoms with Crippen LogP contribution in [0, 0.1) is 17.6 Å². The molecule has 5 heterocycles. The number of hydrogen-bond donors (Lipinski definition) is 4. The lowest BCUT2D eigenvalue weighted by Crippen LogP contribution is -2.60. The first-order valence-electron chi connectivity index (χ1n) is 21.2. The Morgan fingerprint density at radius 3 is 2.29 bits per heavy atom. The molecule has 0 radical (unpaired) electrons. The zero-order chi connectivity index (χ0) is 41.1. The number of benzene rings is 2. The summed E-state index contributed by atoms with van der Waals surface area (Å²) >= 11 is 0. The van der Waals surface area contributed by atoms with Crippen molar-refractivity contribution in [3.8, 4) is 11.3 Å². The minimum absolute atomic E-state index is 0.0112. The Bertz CT molecular complexity index is 2000. The summed E-state index contributed by atoms with van der Waals surface area (Å²) in [5.41, 5.74) is 2.45. The molecule has 8 rings (SSSR count). The molecule has 5 aliphatic rings. The third kappa shape index (κ3) is 9.58. The summed E-state index contributed by atoms with van der Waals surface area (Å²) in [6, 6.07) is 10.5. The molecule has 4 N–H and O–H groups in total. The molecule has 2 unspecified atom stereocenters. The predicted octanol–water partition coefficient (Wildman–Crippen LogP) is 6.09. The quantitative estimate of drug-likeness (QED) is 0.141. The maximum atomic E-state index is 15.7. The van der Waals surface area contributed by atoms with Crippen LogP contribution in [0.25, 0.3) is 11.3 Å². The van der Waals surface area contributed by atoms with Gasteiger partial charge in [-0.3, -0.25) is 24.6 Å². The summed E-state index contributed by atoms with van der Waals surface area (Å²) in [7, 11) is 0. The molecule has 0 spiro atoms. The van der Waals surface area contributed by atoms with E-state index in [2.05, 4.69) is 42.2 Å². The first-order valence-corrected chi connectivity index (χ1v) is 21.2. The second-order valence-corrected chi connectivity index (χ2v) is 16.8. The van der Waals surface area contributed by atoms with Crippen molar-refractivity contribution in [2.24, 2.45) is 5.92 Å². The maximum Gasteiger partial charge on any atom is 0.280 e. The molecule has 5 fully saturated rings. The number of carbonyl (C=O) groups is 3. The zero-order valence-electron chi connectivity index (χ0n) is 33.2. The number of alkyl halides is 2. The fraction of sp³-hybridized carbons (Fsp3) is 0.558. The Morgan fingerprint density at radius 1 is 0.797 bits per heavy atom. The van der Waals surface area contributed by atoms with Gasteiger partial charge in [0.1, 0.15) is 17.6 Å². The Kier molecular flexibility index (Phi) is 12.2. The molecule has 2 aromatic carbocycles. The number of rotatable bonds is 10. The van der Waals surface area contributed by atoms with Crippen molar-refractivity contribution in [3.63, 3.8) is 0 Å². The SMILES string of the molecule is O=C1CCC(Nc2ccc(N3CCC(N4CCC(C(=O)N[C@H]5CC[C@H](Nc6ncc(F)c(-c7cccc(N8CCCCC8)c7)n6)CC5)CC4)C(F)(F)C3)c(F)c2)C(=O)N1. The molecule has 1 aromatic heterocycles. The van der Waals surface area contributed by atoms with E-state index >= 15 is 13.2 Å². The van der Waals surface area contributed by atoms with Gasteiger partial charge in [0.15, 0.2) is 5.82 Å². The standard InChI is InChI=1S/C43H53F4N9O3/c44-33-24-31(49-35-12-14-38(57)52-41(35)59)11-13-36(33)56-22-17-37(43(46,47)26-56)55-20-15-27(16-21-55)40(58)50-29-7-9-30(10-8-29)51-42-48-25-34(45)39(53-42)28-5-4-6-32(23-28)54-18-2-1-3-19-54/h4-6,11,13,23-25,27,29-30,35,37,49H,1-3,7-10,12,14-22,26H2,(H,50,58)(H,48,51,53)(H,52,57,59)/t29-,30-,35?,37?. The number of nitrogens with zero attached hydrogens (tertiary/aromatic N) is 5. The molecule has 0 bridgehead atoms. The normalized spacial score (nSPS) is 25.6. The van der Waals surface area contributed by atoms with Crippen LogP contribution in [0.15, 0.2) is 48.7 Å². The summed E-state index contributed by atoms with van der Waals surface area (Å²) in [5, 5.41) is 11.8. The van der Waals surface area contributed by atoms with Crippen molar-refractivity contribution in [2.45, 2.75) is 107 Å². The van der Waals surface area contributed by atoms with Crippen molar-refractivity contribution >= 4 is 40.7 Å². The lowest BCUT2D eigenvalue weighted by atomic mass is 9.89. The largest absolute Gasteiger partial charge is 0.374 e. The van der Waals surface area contributed by atoms with Gasteiger partial charge in [0.2, 0.25) is 23.7 Å². The van der Waals surface area contributed by atoms with Crippen LogP contribution < -0.4 is 31.1 Å². The molecular formula is C43H53F4N9O3. The molecule has 12 nitrogen and oxygen atoms in total. The lowest BCUT2D eigenvalue weighted by molar-refractivity contribution is -0.134. The Balaban J connectivity index is 0.776. The number of aromatic nitrogens is 2. The smallest absolute Gasteiger partial charge is 0.280 e. The highest BCUT2D eigenvalue weighted by molar-refractivity contribution is 6.01. The van der Waals surface area contributed by atoms with Gasteiger partial charge in [0, 0.05) is 61.0 Å². The Morgan fingerprint density at radius 2 is 1.56 bits per heavy atom. The molecule has 59 heavy (non-hydrogen) atoms. The zero-order valence-corrected chi connectivity index (χ0v) is 33.2. The van der Waals surface area contributed by atoms with Crippen LogP contribution in [-0.4, -0.2) is 102 Å². The highest BCUT2D eigenvalue weighted by atomic mass is 19.3. The summed E-state index contributed by atoms with van der Waals surface area (Å²) in [6.45, 7) is 2.36. The molecule has 4 saturated heterocycles. The number of imide groups is 1. The molecular weight excluding hydrogens is 767 g/mol. The van der Waals surface area contributed by atoms with Crippen molar-refractivity contribution in [3.05, 3.63) is 60.3 Å². The molecule has 1 saturated carbocycles. The first-order chi connectivity index (χ1) is 28.5. The van der Waals surface area contributed by atoms with Gasteiger partial charge in [0.05, 0.1) is 24.5 Å². The fourth-order valence-corrected chi connectivity index (χ4v) is 9.47. The van der Waals surface area contributed by atoms with Gasteiger partial charge < -0.3 is 25.8 Å². The fourth-order valence-electron chi connectivity index (χ4n) is 9.47. The minimum atomic E-state index is -3.10. The number of nitrogens with one attached hydrogen (secondary N) is 4. The molecule has 3 aromatic rings. The van der Waals surface area contributed by atoms with Gasteiger partial charge in [-0.2, -0.15) is 0 Å². The highest BCUT2D eigenvalue weighted by Crippen LogP contribution is 2.37. The lowest BCUT2D eigenvalue weighted by Gasteiger charge is -2.46. The summed E-state index contributed by atoms with van der Waals surface area (Å²) in [5.74, 6) is -4.99. The third-order valence-corrected chi connectivity index (χ3v) is 12.8. The van der Waals surface area contributed by atoms with E-state index in [0.29, 0.717) is 43.1 Å². The van der Waals surface area contributed by atoms with Crippen LogP contribution in [0.4, 0.5) is 40.6 Å². The number of hydrogen-bond acceptors (Lipinski definition) is 10. The van der Waals surface area contributed by atoms with Gasteiger partial charge in [0.25, 0.3) is 5.92 Å². The second-order valence-electron chi connectivity index (χ2n) is 16.8. The summed E-state index contributed by atoms with van der Waals surface area (Å²) < 4.78 is 61.6. The van der Waals surface area contributed by atoms with Crippen LogP contribution in [0.5, 0.6) is 0 Å². The van der Waals surface area contributed by atoms with Gasteiger partial charge in [-0.25, -0.2) is 27.5 Å². The van der Waals surface area contributed by atoms with E-state index in [4.69, 9.17) is 0 Å². The van der Waals surface area contributed by atoms with Crippen molar-refractivity contribution < 1.29 is 31.9 Å². The monoisotopic (exact) mass is 819 g/mol. The van der Waals surface area contributed by atoms with E-state index in [1.54, 1.807) is 11.0 Å². The number of amides is 3. The first kappa shape index (κ1) is 40.8. The molecule has 316 valence electrons. The van der Waals surface area contributed by atoms with Crippen LogP contribution in [0.1, 0.15) is 77.0 Å². The topological polar surface area (TPSA) is 135 Å². The Labute approximate surface area is 341 Å². The average molecular weight is 820 g/mol. The Hall–Kier alpha value is -4.99. The number of carbonyl (C=O) groups excluding carboxylic acids is 3. The van der Waals surface area contributed by atoms with Gasteiger partial charge in [-0.05, 0) is 114 Å². The summed E-state index contributed by atoms with van der Waals surface area (Å²) in [6.07, 6.45) is 9.42. The average Bonchev–Trinajstić information content (AvgIpc) is 3.23. The van der Waals surface area contributed by atoms with E-state index in [0.717, 1.165) is 57.3 Å². The maximum absolute atomic E-state index is 15.7. The molecule has 2 atom stereocenters. The minimum Gasteiger partial charge on any atom is -0.374 e. The number of anilines is 4.